The topological polar surface area (TPSA) is 60.2 Å². The smallest absolute Gasteiger partial charge is 0.435 e. The summed E-state index contributed by atoms with van der Waals surface area (Å²) in [4.78, 5) is 0. The normalized spacial score (nSPS) is 13.0. The molecule has 0 bridgehead atoms. The fraction of sp³-hybridized carbons (Fsp3) is 0.294. The Hall–Kier alpha value is -2.77. The van der Waals surface area contributed by atoms with E-state index in [1.807, 2.05) is 38.1 Å². The summed E-state index contributed by atoms with van der Waals surface area (Å²) >= 11 is 0. The zero-order valence-corrected chi connectivity index (χ0v) is 13.6. The van der Waals surface area contributed by atoms with E-state index in [1.165, 1.54) is 6.07 Å². The first-order valence-electron chi connectivity index (χ1n) is 7.71. The number of benzene rings is 1. The lowest BCUT2D eigenvalue weighted by atomic mass is 10.2. The second kappa shape index (κ2) is 6.62. The molecule has 0 saturated heterocycles. The molecule has 5 nitrogen and oxygen atoms in total. The first kappa shape index (κ1) is 17.1. The summed E-state index contributed by atoms with van der Waals surface area (Å²) in [5.41, 5.74) is -0.401. The van der Waals surface area contributed by atoms with E-state index < -0.39 is 11.9 Å². The minimum absolute atomic E-state index is 0.228. The molecule has 25 heavy (non-hydrogen) atoms. The molecule has 3 aromatic rings. The molecular formula is C17H16F3N3O2. The van der Waals surface area contributed by atoms with Gasteiger partial charge in [0.1, 0.15) is 11.6 Å². The minimum Gasteiger partial charge on any atom is -0.490 e. The van der Waals surface area contributed by atoms with Gasteiger partial charge < -0.3 is 14.5 Å². The molecule has 0 aliphatic rings. The van der Waals surface area contributed by atoms with Crippen LogP contribution in [-0.4, -0.2) is 16.8 Å². The summed E-state index contributed by atoms with van der Waals surface area (Å²) in [7, 11) is 0. The largest absolute Gasteiger partial charge is 0.490 e. The average Bonchev–Trinajstić information content (AvgIpc) is 3.00. The number of para-hydroxylation sites is 1. The summed E-state index contributed by atoms with van der Waals surface area (Å²) in [5.74, 6) is 1.49. The third-order valence-electron chi connectivity index (χ3n) is 3.57. The van der Waals surface area contributed by atoms with Gasteiger partial charge in [-0.15, -0.1) is 10.2 Å². The van der Waals surface area contributed by atoms with Crippen molar-refractivity contribution in [2.75, 3.05) is 11.9 Å². The second-order valence-electron chi connectivity index (χ2n) is 5.42. The number of nitrogens with zero attached hydrogens (tertiary/aromatic N) is 2. The zero-order chi connectivity index (χ0) is 18.0. The van der Waals surface area contributed by atoms with Crippen molar-refractivity contribution in [1.29, 1.82) is 0 Å². The number of alkyl halides is 3. The van der Waals surface area contributed by atoms with Crippen molar-refractivity contribution < 1.29 is 22.3 Å². The SMILES string of the molecule is CCOc1cccc2cc(C(C)Nc3ccc(C(F)(F)F)nn3)oc12. The van der Waals surface area contributed by atoms with Crippen molar-refractivity contribution in [1.82, 2.24) is 10.2 Å². The molecular weight excluding hydrogens is 335 g/mol. The van der Waals surface area contributed by atoms with Crippen LogP contribution in [0.4, 0.5) is 19.0 Å². The lowest BCUT2D eigenvalue weighted by Gasteiger charge is -2.12. The molecule has 1 atom stereocenters. The van der Waals surface area contributed by atoms with Gasteiger partial charge in [0.05, 0.1) is 12.6 Å². The predicted molar refractivity (Wildman–Crippen MR) is 86.5 cm³/mol. The Morgan fingerprint density at radius 1 is 1.20 bits per heavy atom. The molecule has 1 aromatic carbocycles. The summed E-state index contributed by atoms with van der Waals surface area (Å²) in [5, 5.41) is 10.6. The van der Waals surface area contributed by atoms with E-state index in [1.54, 1.807) is 0 Å². The lowest BCUT2D eigenvalue weighted by Crippen LogP contribution is -2.12. The molecule has 0 aliphatic carbocycles. The monoisotopic (exact) mass is 351 g/mol. The van der Waals surface area contributed by atoms with Crippen LogP contribution in [0.15, 0.2) is 40.8 Å². The summed E-state index contributed by atoms with van der Waals surface area (Å²) in [6.07, 6.45) is -4.51. The van der Waals surface area contributed by atoms with E-state index in [9.17, 15) is 13.2 Å². The molecule has 0 spiro atoms. The molecule has 1 unspecified atom stereocenters. The van der Waals surface area contributed by atoms with Gasteiger partial charge in [-0.3, -0.25) is 0 Å². The van der Waals surface area contributed by atoms with Crippen molar-refractivity contribution in [3.63, 3.8) is 0 Å². The van der Waals surface area contributed by atoms with Crippen LogP contribution in [0.5, 0.6) is 5.75 Å². The van der Waals surface area contributed by atoms with Gasteiger partial charge in [0.25, 0.3) is 0 Å². The van der Waals surface area contributed by atoms with Crippen LogP contribution in [0.25, 0.3) is 11.0 Å². The highest BCUT2D eigenvalue weighted by molar-refractivity contribution is 5.83. The van der Waals surface area contributed by atoms with Gasteiger partial charge in [-0.25, -0.2) is 0 Å². The van der Waals surface area contributed by atoms with E-state index in [-0.39, 0.29) is 11.9 Å². The third-order valence-corrected chi connectivity index (χ3v) is 3.57. The van der Waals surface area contributed by atoms with Crippen molar-refractivity contribution in [2.45, 2.75) is 26.1 Å². The maximum absolute atomic E-state index is 12.5. The Bertz CT molecular complexity index is 860. The standard InChI is InChI=1S/C17H16F3N3O2/c1-3-24-12-6-4-5-11-9-13(25-16(11)12)10(2)21-15-8-7-14(22-23-15)17(18,19)20/h4-10H,3H2,1-2H3,(H,21,23). The van der Waals surface area contributed by atoms with Gasteiger partial charge in [-0.05, 0) is 38.1 Å². The maximum atomic E-state index is 12.5. The molecule has 0 fully saturated rings. The zero-order valence-electron chi connectivity index (χ0n) is 13.6. The highest BCUT2D eigenvalue weighted by Gasteiger charge is 2.32. The number of rotatable bonds is 5. The van der Waals surface area contributed by atoms with E-state index in [0.29, 0.717) is 23.7 Å². The fourth-order valence-electron chi connectivity index (χ4n) is 2.39. The van der Waals surface area contributed by atoms with Crippen LogP contribution in [0.1, 0.15) is 31.3 Å². The van der Waals surface area contributed by atoms with Crippen LogP contribution in [-0.2, 0) is 6.18 Å². The first-order valence-corrected chi connectivity index (χ1v) is 7.71. The van der Waals surface area contributed by atoms with Crippen molar-refractivity contribution in [3.8, 4) is 5.75 Å². The Balaban J connectivity index is 1.80. The number of nitrogens with one attached hydrogen (secondary N) is 1. The van der Waals surface area contributed by atoms with Crippen LogP contribution >= 0.6 is 0 Å². The Kier molecular flexibility index (Phi) is 4.52. The first-order chi connectivity index (χ1) is 11.9. The number of hydrogen-bond donors (Lipinski definition) is 1. The van der Waals surface area contributed by atoms with E-state index in [4.69, 9.17) is 9.15 Å². The molecule has 0 aliphatic heterocycles. The van der Waals surface area contributed by atoms with Crippen LogP contribution < -0.4 is 10.1 Å². The van der Waals surface area contributed by atoms with E-state index in [2.05, 4.69) is 15.5 Å². The molecule has 2 aromatic heterocycles. The second-order valence-corrected chi connectivity index (χ2v) is 5.42. The van der Waals surface area contributed by atoms with E-state index >= 15 is 0 Å². The molecule has 132 valence electrons. The molecule has 0 radical (unpaired) electrons. The number of halogens is 3. The predicted octanol–water partition coefficient (Wildman–Crippen LogP) is 4.81. The number of ether oxygens (including phenoxy) is 1. The lowest BCUT2D eigenvalue weighted by molar-refractivity contribution is -0.141. The third kappa shape index (κ3) is 3.67. The van der Waals surface area contributed by atoms with Crippen LogP contribution in [0.3, 0.4) is 0 Å². The molecule has 1 N–H and O–H groups in total. The maximum Gasteiger partial charge on any atom is 0.435 e. The van der Waals surface area contributed by atoms with Crippen LogP contribution in [0.2, 0.25) is 0 Å². The van der Waals surface area contributed by atoms with Crippen molar-refractivity contribution in [3.05, 3.63) is 47.9 Å². The number of furan rings is 1. The van der Waals surface area contributed by atoms with Gasteiger partial charge in [0.2, 0.25) is 0 Å². The number of aromatic nitrogens is 2. The highest BCUT2D eigenvalue weighted by atomic mass is 19.4. The summed E-state index contributed by atoms with van der Waals surface area (Å²) in [6, 6.07) is 9.25. The number of anilines is 1. The van der Waals surface area contributed by atoms with Gasteiger partial charge in [0.15, 0.2) is 17.0 Å². The van der Waals surface area contributed by atoms with Gasteiger partial charge >= 0.3 is 6.18 Å². The fourth-order valence-corrected chi connectivity index (χ4v) is 2.39. The highest BCUT2D eigenvalue weighted by Crippen LogP contribution is 2.32. The molecule has 8 heteroatoms. The Morgan fingerprint density at radius 3 is 2.64 bits per heavy atom. The quantitative estimate of drug-likeness (QED) is 0.714. The van der Waals surface area contributed by atoms with Crippen molar-refractivity contribution >= 4 is 16.8 Å². The summed E-state index contributed by atoms with van der Waals surface area (Å²) in [6.45, 7) is 4.22. The average molecular weight is 351 g/mol. The summed E-state index contributed by atoms with van der Waals surface area (Å²) < 4.78 is 48.9. The van der Waals surface area contributed by atoms with Crippen molar-refractivity contribution in [2.24, 2.45) is 0 Å². The molecule has 2 heterocycles. The number of fused-ring (bicyclic) bond motifs is 1. The molecule has 0 amide bonds. The van der Waals surface area contributed by atoms with Crippen LogP contribution in [0, 0.1) is 0 Å². The number of hydrogen-bond acceptors (Lipinski definition) is 5. The Morgan fingerprint density at radius 2 is 2.00 bits per heavy atom. The Labute approximate surface area is 141 Å². The minimum atomic E-state index is -4.51. The molecule has 3 rings (SSSR count). The van der Waals surface area contributed by atoms with Gasteiger partial charge in [-0.2, -0.15) is 13.2 Å². The molecule has 0 saturated carbocycles. The van der Waals surface area contributed by atoms with Gasteiger partial charge in [-0.1, -0.05) is 12.1 Å². The van der Waals surface area contributed by atoms with Gasteiger partial charge in [0, 0.05) is 5.39 Å². The van der Waals surface area contributed by atoms with E-state index in [0.717, 1.165) is 11.5 Å².